The van der Waals surface area contributed by atoms with Crippen LogP contribution in [0.25, 0.3) is 0 Å². The highest BCUT2D eigenvalue weighted by Gasteiger charge is 2.17. The molecule has 0 aliphatic heterocycles. The summed E-state index contributed by atoms with van der Waals surface area (Å²) in [5, 5.41) is 5.67. The van der Waals surface area contributed by atoms with Gasteiger partial charge in [0.15, 0.2) is 16.6 Å². The summed E-state index contributed by atoms with van der Waals surface area (Å²) in [6.07, 6.45) is 0. The van der Waals surface area contributed by atoms with Crippen LogP contribution >= 0.6 is 12.2 Å². The smallest absolute Gasteiger partial charge is 0.257 e. The molecule has 0 unspecified atom stereocenters. The van der Waals surface area contributed by atoms with Crippen molar-refractivity contribution >= 4 is 23.2 Å². The second-order valence-electron chi connectivity index (χ2n) is 3.73. The van der Waals surface area contributed by atoms with Crippen molar-refractivity contribution in [1.82, 2.24) is 10.6 Å². The molecule has 7 heteroatoms. The molecule has 0 aromatic heterocycles. The van der Waals surface area contributed by atoms with Crippen LogP contribution in [0.15, 0.2) is 12.1 Å². The van der Waals surface area contributed by atoms with Crippen molar-refractivity contribution < 1.29 is 19.0 Å². The maximum atomic E-state index is 12.1. The largest absolute Gasteiger partial charge is 0.493 e. The third-order valence-electron chi connectivity index (χ3n) is 2.49. The van der Waals surface area contributed by atoms with Crippen LogP contribution in [-0.2, 0) is 0 Å². The lowest BCUT2D eigenvalue weighted by Gasteiger charge is -2.14. The van der Waals surface area contributed by atoms with Gasteiger partial charge in [-0.2, -0.15) is 0 Å². The summed E-state index contributed by atoms with van der Waals surface area (Å²) in [4.78, 5) is 12.1. The molecule has 0 radical (unpaired) electrons. The van der Waals surface area contributed by atoms with Crippen LogP contribution in [0.4, 0.5) is 0 Å². The topological polar surface area (TPSA) is 68.8 Å². The minimum Gasteiger partial charge on any atom is -0.493 e. The van der Waals surface area contributed by atoms with E-state index >= 15 is 0 Å². The number of carbonyl (C=O) groups is 1. The standard InChI is InChI=1S/C13H18N2O4S/c1-5-14-13(20)15-12(16)8-6-9(17-2)11(19-4)10(7-8)18-3/h6-7H,5H2,1-4H3,(H2,14,15,16,20). The van der Waals surface area contributed by atoms with Crippen molar-refractivity contribution in [2.75, 3.05) is 27.9 Å². The Labute approximate surface area is 123 Å². The van der Waals surface area contributed by atoms with Crippen molar-refractivity contribution in [1.29, 1.82) is 0 Å². The van der Waals surface area contributed by atoms with E-state index in [0.29, 0.717) is 29.4 Å². The predicted octanol–water partition coefficient (Wildman–Crippen LogP) is 1.34. The van der Waals surface area contributed by atoms with Crippen LogP contribution in [0.3, 0.4) is 0 Å². The number of rotatable bonds is 5. The van der Waals surface area contributed by atoms with Crippen molar-refractivity contribution in [3.8, 4) is 17.2 Å². The highest BCUT2D eigenvalue weighted by atomic mass is 32.1. The highest BCUT2D eigenvalue weighted by molar-refractivity contribution is 7.80. The molecule has 6 nitrogen and oxygen atoms in total. The molecule has 0 heterocycles. The van der Waals surface area contributed by atoms with Crippen LogP contribution in [0, 0.1) is 0 Å². The van der Waals surface area contributed by atoms with Crippen LogP contribution in [0.5, 0.6) is 17.2 Å². The van der Waals surface area contributed by atoms with Gasteiger partial charge in [0, 0.05) is 12.1 Å². The summed E-state index contributed by atoms with van der Waals surface area (Å²) in [7, 11) is 4.48. The van der Waals surface area contributed by atoms with Crippen molar-refractivity contribution in [2.24, 2.45) is 0 Å². The molecule has 0 atom stereocenters. The normalized spacial score (nSPS) is 9.60. The predicted molar refractivity (Wildman–Crippen MR) is 79.8 cm³/mol. The van der Waals surface area contributed by atoms with E-state index in [9.17, 15) is 4.79 Å². The SMILES string of the molecule is CCNC(=S)NC(=O)c1cc(OC)c(OC)c(OC)c1. The molecule has 0 aliphatic carbocycles. The lowest BCUT2D eigenvalue weighted by Crippen LogP contribution is -2.39. The van der Waals surface area contributed by atoms with Gasteiger partial charge in [-0.25, -0.2) is 0 Å². The monoisotopic (exact) mass is 298 g/mol. The summed E-state index contributed by atoms with van der Waals surface area (Å²) in [6, 6.07) is 3.12. The molecule has 0 fully saturated rings. The van der Waals surface area contributed by atoms with Gasteiger partial charge in [0.1, 0.15) is 0 Å². The minimum absolute atomic E-state index is 0.270. The van der Waals surface area contributed by atoms with Crippen molar-refractivity contribution in [3.63, 3.8) is 0 Å². The molecule has 1 amide bonds. The zero-order valence-corrected chi connectivity index (χ0v) is 12.7. The molecule has 0 bridgehead atoms. The molecule has 0 saturated carbocycles. The number of methoxy groups -OCH3 is 3. The Bertz CT molecular complexity index is 480. The van der Waals surface area contributed by atoms with Crippen molar-refractivity contribution in [3.05, 3.63) is 17.7 Å². The van der Waals surface area contributed by atoms with Gasteiger partial charge in [0.25, 0.3) is 5.91 Å². The van der Waals surface area contributed by atoms with Crippen LogP contribution < -0.4 is 24.8 Å². The van der Waals surface area contributed by atoms with Gasteiger partial charge in [0.2, 0.25) is 5.75 Å². The molecule has 2 N–H and O–H groups in total. The number of carbonyl (C=O) groups excluding carboxylic acids is 1. The number of hydrogen-bond donors (Lipinski definition) is 2. The fourth-order valence-electron chi connectivity index (χ4n) is 1.59. The quantitative estimate of drug-likeness (QED) is 0.800. The van der Waals surface area contributed by atoms with E-state index in [0.717, 1.165) is 0 Å². The first-order chi connectivity index (χ1) is 9.57. The zero-order chi connectivity index (χ0) is 15.1. The number of hydrogen-bond acceptors (Lipinski definition) is 5. The Balaban J connectivity index is 3.06. The van der Waals surface area contributed by atoms with E-state index in [2.05, 4.69) is 10.6 Å². The molecule has 0 saturated heterocycles. The Hall–Kier alpha value is -2.02. The third-order valence-corrected chi connectivity index (χ3v) is 2.74. The first-order valence-corrected chi connectivity index (χ1v) is 6.37. The number of nitrogens with one attached hydrogen (secondary N) is 2. The zero-order valence-electron chi connectivity index (χ0n) is 11.9. The second kappa shape index (κ2) is 7.54. The van der Waals surface area contributed by atoms with E-state index < -0.39 is 0 Å². The maximum Gasteiger partial charge on any atom is 0.257 e. The molecule has 0 spiro atoms. The maximum absolute atomic E-state index is 12.1. The summed E-state index contributed by atoms with van der Waals surface area (Å²) < 4.78 is 15.6. The van der Waals surface area contributed by atoms with E-state index in [1.54, 1.807) is 12.1 Å². The number of thiocarbonyl (C=S) groups is 1. The molecule has 0 aliphatic rings. The molecule has 1 rings (SSSR count). The fraction of sp³-hybridized carbons (Fsp3) is 0.385. The van der Waals surface area contributed by atoms with Crippen LogP contribution in [-0.4, -0.2) is 38.9 Å². The van der Waals surface area contributed by atoms with Gasteiger partial charge < -0.3 is 19.5 Å². The summed E-state index contributed by atoms with van der Waals surface area (Å²) in [5.74, 6) is 0.897. The van der Waals surface area contributed by atoms with Gasteiger partial charge in [-0.1, -0.05) is 0 Å². The Kier molecular flexibility index (Phi) is 6.05. The molecule has 110 valence electrons. The average molecular weight is 298 g/mol. The van der Waals surface area contributed by atoms with Gasteiger partial charge >= 0.3 is 0 Å². The van der Waals surface area contributed by atoms with Crippen molar-refractivity contribution in [2.45, 2.75) is 6.92 Å². The molecular weight excluding hydrogens is 280 g/mol. The van der Waals surface area contributed by atoms with E-state index in [1.807, 2.05) is 6.92 Å². The molecular formula is C13H18N2O4S. The first kappa shape index (κ1) is 16.0. The van der Waals surface area contributed by atoms with E-state index in [1.165, 1.54) is 21.3 Å². The van der Waals surface area contributed by atoms with Gasteiger partial charge in [-0.3, -0.25) is 10.1 Å². The molecule has 1 aromatic rings. The van der Waals surface area contributed by atoms with E-state index in [-0.39, 0.29) is 11.0 Å². The lowest BCUT2D eigenvalue weighted by atomic mass is 10.1. The number of ether oxygens (including phenoxy) is 3. The third kappa shape index (κ3) is 3.74. The second-order valence-corrected chi connectivity index (χ2v) is 4.14. The lowest BCUT2D eigenvalue weighted by molar-refractivity contribution is 0.0976. The van der Waals surface area contributed by atoms with Gasteiger partial charge in [-0.05, 0) is 31.3 Å². The van der Waals surface area contributed by atoms with Crippen LogP contribution in [0.1, 0.15) is 17.3 Å². The minimum atomic E-state index is -0.352. The molecule has 1 aromatic carbocycles. The Morgan fingerprint density at radius 2 is 1.70 bits per heavy atom. The molecule has 20 heavy (non-hydrogen) atoms. The fourth-order valence-corrected chi connectivity index (χ4v) is 1.83. The average Bonchev–Trinajstić information content (AvgIpc) is 2.45. The number of amides is 1. The summed E-state index contributed by atoms with van der Waals surface area (Å²) >= 11 is 4.97. The van der Waals surface area contributed by atoms with Gasteiger partial charge in [0.05, 0.1) is 21.3 Å². The Morgan fingerprint density at radius 1 is 1.15 bits per heavy atom. The summed E-state index contributed by atoms with van der Waals surface area (Å²) in [6.45, 7) is 2.52. The number of benzene rings is 1. The van der Waals surface area contributed by atoms with Gasteiger partial charge in [-0.15, -0.1) is 0 Å². The first-order valence-electron chi connectivity index (χ1n) is 5.96. The van der Waals surface area contributed by atoms with E-state index in [4.69, 9.17) is 26.4 Å². The highest BCUT2D eigenvalue weighted by Crippen LogP contribution is 2.38. The summed E-state index contributed by atoms with van der Waals surface area (Å²) in [5.41, 5.74) is 0.361. The van der Waals surface area contributed by atoms with Crippen LogP contribution in [0.2, 0.25) is 0 Å². The Morgan fingerprint density at radius 3 is 2.10 bits per heavy atom.